The van der Waals surface area contributed by atoms with Crippen molar-refractivity contribution in [2.24, 2.45) is 5.92 Å². The summed E-state index contributed by atoms with van der Waals surface area (Å²) in [7, 11) is 0. The number of nitrogens with one attached hydrogen (secondary N) is 1. The topological polar surface area (TPSA) is 15.3 Å². The van der Waals surface area contributed by atoms with Crippen molar-refractivity contribution < 1.29 is 0 Å². The van der Waals surface area contributed by atoms with Crippen LogP contribution in [0.4, 0.5) is 0 Å². The molecule has 0 saturated carbocycles. The zero-order valence-electron chi connectivity index (χ0n) is 12.7. The smallest absolute Gasteiger partial charge is 0.0165 e. The van der Waals surface area contributed by atoms with Crippen LogP contribution in [0.15, 0.2) is 11.6 Å². The number of piperidine rings is 1. The predicted molar refractivity (Wildman–Crippen MR) is 86.9 cm³/mol. The molecule has 2 aliphatic heterocycles. The van der Waals surface area contributed by atoms with Gasteiger partial charge in [-0.2, -0.15) is 11.8 Å². The van der Waals surface area contributed by atoms with Crippen LogP contribution in [-0.2, 0) is 0 Å². The zero-order valence-corrected chi connectivity index (χ0v) is 13.5. The molecule has 0 atom stereocenters. The summed E-state index contributed by atoms with van der Waals surface area (Å²) in [5.41, 5.74) is 1.44. The minimum atomic E-state index is 0.775. The maximum atomic E-state index is 3.83. The first kappa shape index (κ1) is 15.4. The highest BCUT2D eigenvalue weighted by Gasteiger charge is 2.20. The Morgan fingerprint density at radius 2 is 1.84 bits per heavy atom. The van der Waals surface area contributed by atoms with Gasteiger partial charge in [-0.3, -0.25) is 4.90 Å². The van der Waals surface area contributed by atoms with Gasteiger partial charge < -0.3 is 5.32 Å². The maximum Gasteiger partial charge on any atom is 0.0165 e. The number of rotatable bonds is 5. The Balaban J connectivity index is 1.59. The zero-order chi connectivity index (χ0) is 13.5. The maximum absolute atomic E-state index is 3.83. The molecule has 3 heteroatoms. The largest absolute Gasteiger partial charge is 0.314 e. The molecule has 0 amide bonds. The fourth-order valence-electron chi connectivity index (χ4n) is 2.92. The normalized spacial score (nSPS) is 23.5. The monoisotopic (exact) mass is 282 g/mol. The van der Waals surface area contributed by atoms with E-state index in [0.29, 0.717) is 0 Å². The molecule has 1 N–H and O–H groups in total. The highest BCUT2D eigenvalue weighted by molar-refractivity contribution is 7.99. The summed E-state index contributed by atoms with van der Waals surface area (Å²) >= 11 is 2.13. The summed E-state index contributed by atoms with van der Waals surface area (Å²) in [6.45, 7) is 9.32. The van der Waals surface area contributed by atoms with Crippen molar-refractivity contribution in [2.75, 3.05) is 37.7 Å². The van der Waals surface area contributed by atoms with E-state index in [0.717, 1.165) is 18.5 Å². The Hall–Kier alpha value is 0.0100. The van der Waals surface area contributed by atoms with Crippen LogP contribution >= 0.6 is 11.8 Å². The molecule has 0 aliphatic carbocycles. The number of hydrogen-bond acceptors (Lipinski definition) is 3. The second-order valence-electron chi connectivity index (χ2n) is 6.32. The van der Waals surface area contributed by atoms with Gasteiger partial charge in [-0.25, -0.2) is 0 Å². The summed E-state index contributed by atoms with van der Waals surface area (Å²) in [6.07, 6.45) is 7.87. The lowest BCUT2D eigenvalue weighted by atomic mass is 10.00. The molecule has 2 nitrogen and oxygen atoms in total. The van der Waals surface area contributed by atoms with Crippen molar-refractivity contribution in [2.45, 2.75) is 45.6 Å². The van der Waals surface area contributed by atoms with Crippen LogP contribution in [-0.4, -0.2) is 48.6 Å². The summed E-state index contributed by atoms with van der Waals surface area (Å²) < 4.78 is 0. The molecule has 2 aliphatic rings. The van der Waals surface area contributed by atoms with E-state index < -0.39 is 0 Å². The third-order valence-electron chi connectivity index (χ3n) is 4.38. The fourth-order valence-corrected chi connectivity index (χ4v) is 4.12. The summed E-state index contributed by atoms with van der Waals surface area (Å²) in [5.74, 6) is 3.71. The van der Waals surface area contributed by atoms with Crippen molar-refractivity contribution in [3.8, 4) is 0 Å². The van der Waals surface area contributed by atoms with Crippen LogP contribution in [0, 0.1) is 5.92 Å². The van der Waals surface area contributed by atoms with Gasteiger partial charge in [0, 0.05) is 12.6 Å². The molecular weight excluding hydrogens is 252 g/mol. The summed E-state index contributed by atoms with van der Waals surface area (Å²) in [5, 5.41) is 3.83. The quantitative estimate of drug-likeness (QED) is 0.780. The van der Waals surface area contributed by atoms with Crippen molar-refractivity contribution in [1.82, 2.24) is 10.2 Å². The average Bonchev–Trinajstić information content (AvgIpc) is 2.45. The molecular formula is C16H30N2S. The van der Waals surface area contributed by atoms with E-state index in [1.165, 1.54) is 62.4 Å². The SMILES string of the molecule is CC(C)=CCN1CCC(NCC2CCSCC2)CC1. The molecule has 0 aromatic rings. The summed E-state index contributed by atoms with van der Waals surface area (Å²) in [4.78, 5) is 2.59. The van der Waals surface area contributed by atoms with Gasteiger partial charge in [-0.15, -0.1) is 0 Å². The molecule has 0 spiro atoms. The van der Waals surface area contributed by atoms with Crippen LogP contribution in [0.3, 0.4) is 0 Å². The van der Waals surface area contributed by atoms with Gasteiger partial charge in [-0.05, 0) is 76.6 Å². The van der Waals surface area contributed by atoms with Crippen LogP contribution in [0.5, 0.6) is 0 Å². The Kier molecular flexibility index (Phi) is 6.75. The first-order chi connectivity index (χ1) is 9.24. The van der Waals surface area contributed by atoms with Crippen LogP contribution in [0.1, 0.15) is 39.5 Å². The van der Waals surface area contributed by atoms with Gasteiger partial charge in [0.25, 0.3) is 0 Å². The van der Waals surface area contributed by atoms with Gasteiger partial charge in [-0.1, -0.05) is 11.6 Å². The molecule has 110 valence electrons. The Morgan fingerprint density at radius 3 is 2.47 bits per heavy atom. The number of likely N-dealkylation sites (tertiary alicyclic amines) is 1. The predicted octanol–water partition coefficient (Wildman–Crippen LogP) is 3.15. The van der Waals surface area contributed by atoms with Gasteiger partial charge >= 0.3 is 0 Å². The van der Waals surface area contributed by atoms with E-state index >= 15 is 0 Å². The number of hydrogen-bond donors (Lipinski definition) is 1. The van der Waals surface area contributed by atoms with E-state index in [-0.39, 0.29) is 0 Å². The van der Waals surface area contributed by atoms with Gasteiger partial charge in [0.2, 0.25) is 0 Å². The molecule has 2 rings (SSSR count). The third kappa shape index (κ3) is 5.88. The number of thioether (sulfide) groups is 1. The van der Waals surface area contributed by atoms with Crippen molar-refractivity contribution in [1.29, 1.82) is 0 Å². The van der Waals surface area contributed by atoms with Crippen molar-refractivity contribution in [3.05, 3.63) is 11.6 Å². The Labute approximate surface area is 123 Å². The minimum Gasteiger partial charge on any atom is -0.314 e. The standard InChI is InChI=1S/C16H30N2S/c1-14(2)3-8-18-9-4-16(5-10-18)17-13-15-6-11-19-12-7-15/h3,15-17H,4-13H2,1-2H3. The highest BCUT2D eigenvalue weighted by Crippen LogP contribution is 2.22. The lowest BCUT2D eigenvalue weighted by Crippen LogP contribution is -2.44. The fraction of sp³-hybridized carbons (Fsp3) is 0.875. The second-order valence-corrected chi connectivity index (χ2v) is 7.55. The van der Waals surface area contributed by atoms with Gasteiger partial charge in [0.05, 0.1) is 0 Å². The molecule has 0 aromatic carbocycles. The van der Waals surface area contributed by atoms with Gasteiger partial charge in [0.1, 0.15) is 0 Å². The first-order valence-corrected chi connectivity index (χ1v) is 9.06. The van der Waals surface area contributed by atoms with E-state index in [2.05, 4.69) is 41.9 Å². The van der Waals surface area contributed by atoms with Gasteiger partial charge in [0.15, 0.2) is 0 Å². The molecule has 0 aromatic heterocycles. The number of allylic oxidation sites excluding steroid dienone is 1. The number of nitrogens with zero attached hydrogens (tertiary/aromatic N) is 1. The van der Waals surface area contributed by atoms with E-state index in [1.54, 1.807) is 0 Å². The van der Waals surface area contributed by atoms with E-state index in [9.17, 15) is 0 Å². The minimum absolute atomic E-state index is 0.775. The lowest BCUT2D eigenvalue weighted by molar-refractivity contribution is 0.210. The van der Waals surface area contributed by atoms with Crippen LogP contribution in [0.25, 0.3) is 0 Å². The van der Waals surface area contributed by atoms with Crippen LogP contribution < -0.4 is 5.32 Å². The van der Waals surface area contributed by atoms with Crippen molar-refractivity contribution in [3.63, 3.8) is 0 Å². The van der Waals surface area contributed by atoms with Crippen LogP contribution in [0.2, 0.25) is 0 Å². The first-order valence-electron chi connectivity index (χ1n) is 7.91. The molecule has 2 fully saturated rings. The summed E-state index contributed by atoms with van der Waals surface area (Å²) in [6, 6.07) is 0.775. The second kappa shape index (κ2) is 8.33. The molecule has 0 bridgehead atoms. The van der Waals surface area contributed by atoms with E-state index in [4.69, 9.17) is 0 Å². The molecule has 0 unspecified atom stereocenters. The van der Waals surface area contributed by atoms with Crippen molar-refractivity contribution >= 4 is 11.8 Å². The third-order valence-corrected chi connectivity index (χ3v) is 5.43. The average molecular weight is 282 g/mol. The van der Waals surface area contributed by atoms with E-state index in [1.807, 2.05) is 0 Å². The Bertz CT molecular complexity index is 272. The highest BCUT2D eigenvalue weighted by atomic mass is 32.2. The Morgan fingerprint density at radius 1 is 1.16 bits per heavy atom. The molecule has 0 radical (unpaired) electrons. The molecule has 2 heterocycles. The molecule has 2 saturated heterocycles. The molecule has 19 heavy (non-hydrogen) atoms. The lowest BCUT2D eigenvalue weighted by Gasteiger charge is -2.33.